The van der Waals surface area contributed by atoms with Gasteiger partial charge in [-0.15, -0.1) is 0 Å². The SMILES string of the molecule is O=[N+]([O-])c1ccc(-c2nc(-c3c(F)cccc3F)[nH]c2-c2ccccc2)cc1NCc1ccccc1. The van der Waals surface area contributed by atoms with Crippen LogP contribution >= 0.6 is 0 Å². The van der Waals surface area contributed by atoms with Gasteiger partial charge in [-0.3, -0.25) is 10.1 Å². The van der Waals surface area contributed by atoms with Gasteiger partial charge in [-0.25, -0.2) is 13.8 Å². The van der Waals surface area contributed by atoms with Gasteiger partial charge < -0.3 is 10.3 Å². The number of imidazole rings is 1. The van der Waals surface area contributed by atoms with Gasteiger partial charge in [0.25, 0.3) is 5.69 Å². The molecule has 0 radical (unpaired) electrons. The van der Waals surface area contributed by atoms with Crippen LogP contribution in [0.2, 0.25) is 0 Å². The minimum Gasteiger partial charge on any atom is -0.375 e. The second-order valence-electron chi connectivity index (χ2n) is 8.10. The highest BCUT2D eigenvalue weighted by Crippen LogP contribution is 2.37. The fraction of sp³-hybridized carbons (Fsp3) is 0.0357. The topological polar surface area (TPSA) is 83.8 Å². The second kappa shape index (κ2) is 9.79. The maximum atomic E-state index is 14.6. The lowest BCUT2D eigenvalue weighted by atomic mass is 10.0. The summed E-state index contributed by atoms with van der Waals surface area (Å²) in [4.78, 5) is 18.8. The van der Waals surface area contributed by atoms with E-state index in [2.05, 4.69) is 15.3 Å². The van der Waals surface area contributed by atoms with E-state index >= 15 is 0 Å². The van der Waals surface area contributed by atoms with Crippen molar-refractivity contribution in [3.8, 4) is 33.9 Å². The van der Waals surface area contributed by atoms with E-state index in [-0.39, 0.29) is 17.1 Å². The van der Waals surface area contributed by atoms with E-state index in [4.69, 9.17) is 0 Å². The van der Waals surface area contributed by atoms with E-state index in [1.165, 1.54) is 24.3 Å². The molecule has 0 bridgehead atoms. The normalized spacial score (nSPS) is 10.8. The molecule has 0 unspecified atom stereocenters. The molecule has 178 valence electrons. The van der Waals surface area contributed by atoms with E-state index in [0.29, 0.717) is 29.2 Å². The third-order valence-corrected chi connectivity index (χ3v) is 5.76. The Labute approximate surface area is 205 Å². The van der Waals surface area contributed by atoms with Crippen molar-refractivity contribution in [1.82, 2.24) is 9.97 Å². The van der Waals surface area contributed by atoms with Crippen LogP contribution in [0.1, 0.15) is 5.56 Å². The van der Waals surface area contributed by atoms with Crippen molar-refractivity contribution >= 4 is 11.4 Å². The molecule has 0 aliphatic rings. The van der Waals surface area contributed by atoms with Crippen LogP contribution in [0.5, 0.6) is 0 Å². The number of aromatic amines is 1. The van der Waals surface area contributed by atoms with Crippen LogP contribution in [0, 0.1) is 21.7 Å². The first-order valence-electron chi connectivity index (χ1n) is 11.2. The lowest BCUT2D eigenvalue weighted by molar-refractivity contribution is -0.384. The van der Waals surface area contributed by atoms with Crippen molar-refractivity contribution in [3.63, 3.8) is 0 Å². The van der Waals surface area contributed by atoms with Crippen molar-refractivity contribution in [3.05, 3.63) is 124 Å². The highest BCUT2D eigenvalue weighted by molar-refractivity contribution is 5.84. The summed E-state index contributed by atoms with van der Waals surface area (Å²) in [6, 6.07) is 27.0. The van der Waals surface area contributed by atoms with Crippen LogP contribution in [0.25, 0.3) is 33.9 Å². The van der Waals surface area contributed by atoms with Gasteiger partial charge in [0, 0.05) is 23.7 Å². The van der Waals surface area contributed by atoms with Gasteiger partial charge in [0.05, 0.1) is 21.9 Å². The van der Waals surface area contributed by atoms with Crippen molar-refractivity contribution < 1.29 is 13.7 Å². The van der Waals surface area contributed by atoms with Crippen molar-refractivity contribution in [1.29, 1.82) is 0 Å². The number of aromatic nitrogens is 2. The molecular formula is C28H20F2N4O2. The largest absolute Gasteiger partial charge is 0.375 e. The zero-order valence-corrected chi connectivity index (χ0v) is 18.9. The third kappa shape index (κ3) is 4.56. The summed E-state index contributed by atoms with van der Waals surface area (Å²) < 4.78 is 29.1. The summed E-state index contributed by atoms with van der Waals surface area (Å²) in [5.41, 5.74) is 3.15. The average Bonchev–Trinajstić information content (AvgIpc) is 3.33. The molecule has 2 N–H and O–H groups in total. The summed E-state index contributed by atoms with van der Waals surface area (Å²) in [7, 11) is 0. The Balaban J connectivity index is 1.63. The molecule has 36 heavy (non-hydrogen) atoms. The fourth-order valence-corrected chi connectivity index (χ4v) is 4.02. The number of benzene rings is 4. The van der Waals surface area contributed by atoms with E-state index in [1.54, 1.807) is 12.1 Å². The standard InChI is InChI=1S/C28H20F2N4O2/c29-21-12-7-13-22(30)25(21)28-32-26(19-10-5-2-6-11-19)27(33-28)20-14-15-24(34(35)36)23(16-20)31-17-18-8-3-1-4-9-18/h1-16,31H,17H2,(H,32,33). The Hall–Kier alpha value is -4.85. The zero-order chi connectivity index (χ0) is 25.1. The first-order chi connectivity index (χ1) is 17.5. The number of nitrogens with zero attached hydrogens (tertiary/aromatic N) is 2. The molecular weight excluding hydrogens is 462 g/mol. The lowest BCUT2D eigenvalue weighted by Gasteiger charge is -2.10. The monoisotopic (exact) mass is 482 g/mol. The van der Waals surface area contributed by atoms with Gasteiger partial charge in [-0.2, -0.15) is 0 Å². The molecule has 0 saturated carbocycles. The number of nitrogens with one attached hydrogen (secondary N) is 2. The van der Waals surface area contributed by atoms with Crippen LogP contribution in [0.15, 0.2) is 97.1 Å². The lowest BCUT2D eigenvalue weighted by Crippen LogP contribution is -2.03. The number of hydrogen-bond acceptors (Lipinski definition) is 4. The number of nitro benzene ring substituents is 1. The Morgan fingerprint density at radius 1 is 0.833 bits per heavy atom. The number of rotatable bonds is 7. The summed E-state index contributed by atoms with van der Waals surface area (Å²) in [6.07, 6.45) is 0. The predicted molar refractivity (Wildman–Crippen MR) is 135 cm³/mol. The summed E-state index contributed by atoms with van der Waals surface area (Å²) in [6.45, 7) is 0.378. The molecule has 4 aromatic carbocycles. The summed E-state index contributed by atoms with van der Waals surface area (Å²) in [5.74, 6) is -1.47. The molecule has 8 heteroatoms. The molecule has 1 heterocycles. The first kappa shape index (κ1) is 22.9. The minimum absolute atomic E-state index is 0.0246. The molecule has 0 amide bonds. The van der Waals surface area contributed by atoms with E-state index in [0.717, 1.165) is 11.1 Å². The average molecular weight is 482 g/mol. The van der Waals surface area contributed by atoms with Crippen molar-refractivity contribution in [2.45, 2.75) is 6.54 Å². The van der Waals surface area contributed by atoms with Crippen LogP contribution < -0.4 is 5.32 Å². The molecule has 1 aromatic heterocycles. The summed E-state index contributed by atoms with van der Waals surface area (Å²) in [5, 5.41) is 14.8. The van der Waals surface area contributed by atoms with Crippen molar-refractivity contribution in [2.24, 2.45) is 0 Å². The fourth-order valence-electron chi connectivity index (χ4n) is 4.02. The van der Waals surface area contributed by atoms with Gasteiger partial charge in [-0.1, -0.05) is 66.7 Å². The van der Waals surface area contributed by atoms with Gasteiger partial charge in [0.1, 0.15) is 23.1 Å². The Morgan fingerprint density at radius 2 is 1.50 bits per heavy atom. The molecule has 0 aliphatic carbocycles. The van der Waals surface area contributed by atoms with Crippen LogP contribution in [0.3, 0.4) is 0 Å². The van der Waals surface area contributed by atoms with Gasteiger partial charge in [0.15, 0.2) is 0 Å². The van der Waals surface area contributed by atoms with E-state index in [1.807, 2.05) is 60.7 Å². The molecule has 0 fully saturated rings. The minimum atomic E-state index is -0.746. The molecule has 5 aromatic rings. The molecule has 5 rings (SSSR count). The van der Waals surface area contributed by atoms with Crippen molar-refractivity contribution in [2.75, 3.05) is 5.32 Å². The highest BCUT2D eigenvalue weighted by atomic mass is 19.1. The number of anilines is 1. The predicted octanol–water partition coefficient (Wildman–Crippen LogP) is 7.21. The molecule has 0 spiro atoms. The number of halogens is 2. The molecule has 0 saturated heterocycles. The van der Waals surface area contributed by atoms with Crippen LogP contribution in [-0.4, -0.2) is 14.9 Å². The summed E-state index contributed by atoms with van der Waals surface area (Å²) >= 11 is 0. The Bertz CT molecular complexity index is 1520. The third-order valence-electron chi connectivity index (χ3n) is 5.76. The van der Waals surface area contributed by atoms with Gasteiger partial charge in [-0.05, 0) is 29.8 Å². The second-order valence-corrected chi connectivity index (χ2v) is 8.10. The number of nitro groups is 1. The maximum absolute atomic E-state index is 14.6. The van der Waals surface area contributed by atoms with Crippen LogP contribution in [0.4, 0.5) is 20.2 Å². The molecule has 0 aliphatic heterocycles. The Morgan fingerprint density at radius 3 is 2.17 bits per heavy atom. The molecule has 6 nitrogen and oxygen atoms in total. The van der Waals surface area contributed by atoms with Crippen LogP contribution in [-0.2, 0) is 6.54 Å². The highest BCUT2D eigenvalue weighted by Gasteiger charge is 2.22. The number of H-pyrrole nitrogens is 1. The Kier molecular flexibility index (Phi) is 6.23. The maximum Gasteiger partial charge on any atom is 0.292 e. The number of hydrogen-bond donors (Lipinski definition) is 2. The van der Waals surface area contributed by atoms with Gasteiger partial charge in [0.2, 0.25) is 0 Å². The van der Waals surface area contributed by atoms with Gasteiger partial charge >= 0.3 is 0 Å². The molecule has 0 atom stereocenters. The first-order valence-corrected chi connectivity index (χ1v) is 11.2. The zero-order valence-electron chi connectivity index (χ0n) is 18.9. The quantitative estimate of drug-likeness (QED) is 0.190. The smallest absolute Gasteiger partial charge is 0.292 e. The van der Waals surface area contributed by atoms with E-state index in [9.17, 15) is 18.9 Å². The van der Waals surface area contributed by atoms with E-state index < -0.39 is 16.6 Å².